The Kier molecular flexibility index (Phi) is 7.64. The van der Waals surface area contributed by atoms with E-state index in [4.69, 9.17) is 0 Å². The van der Waals surface area contributed by atoms with Crippen LogP contribution in [0.4, 0.5) is 9.52 Å². The predicted octanol–water partition coefficient (Wildman–Crippen LogP) is 3.14. The number of anilines is 1. The summed E-state index contributed by atoms with van der Waals surface area (Å²) in [5.74, 6) is -1.36. The second-order valence-corrected chi connectivity index (χ2v) is 7.45. The molecule has 0 unspecified atom stereocenters. The third-order valence-corrected chi connectivity index (χ3v) is 5.27. The molecule has 3 aromatic rings. The molecule has 0 radical (unpaired) electrons. The number of carbonyl (C=O) groups excluding carboxylic acids is 2. The van der Waals surface area contributed by atoms with Crippen molar-refractivity contribution >= 4 is 28.3 Å². The molecule has 0 atom stereocenters. The summed E-state index contributed by atoms with van der Waals surface area (Å²) in [7, 11) is 0. The molecule has 8 heteroatoms. The Morgan fingerprint density at radius 2 is 1.80 bits per heavy atom. The Hall–Kier alpha value is -3.10. The van der Waals surface area contributed by atoms with Crippen LogP contribution < -0.4 is 5.32 Å². The van der Waals surface area contributed by atoms with Gasteiger partial charge in [-0.1, -0.05) is 42.5 Å². The number of carbonyl (C=O) groups is 2. The lowest BCUT2D eigenvalue weighted by molar-refractivity contribution is -0.131. The molecule has 0 aliphatic carbocycles. The lowest BCUT2D eigenvalue weighted by Gasteiger charge is -2.21. The Labute approximate surface area is 178 Å². The van der Waals surface area contributed by atoms with Crippen molar-refractivity contribution < 1.29 is 19.1 Å². The summed E-state index contributed by atoms with van der Waals surface area (Å²) in [6, 6.07) is 15.5. The molecule has 1 aromatic heterocycles. The van der Waals surface area contributed by atoms with Gasteiger partial charge in [-0.3, -0.25) is 14.9 Å². The van der Waals surface area contributed by atoms with Crippen molar-refractivity contribution in [3.63, 3.8) is 0 Å². The number of nitrogens with one attached hydrogen (secondary N) is 1. The van der Waals surface area contributed by atoms with Gasteiger partial charge >= 0.3 is 0 Å². The number of amides is 2. The normalized spacial score (nSPS) is 10.6. The van der Waals surface area contributed by atoms with E-state index in [2.05, 4.69) is 10.3 Å². The van der Waals surface area contributed by atoms with E-state index >= 15 is 0 Å². The molecule has 0 spiro atoms. The van der Waals surface area contributed by atoms with Crippen LogP contribution in [-0.2, 0) is 17.6 Å². The zero-order chi connectivity index (χ0) is 21.3. The number of benzene rings is 2. The summed E-state index contributed by atoms with van der Waals surface area (Å²) >= 11 is 1.17. The van der Waals surface area contributed by atoms with Gasteiger partial charge in [0.15, 0.2) is 5.13 Å². The monoisotopic (exact) mass is 427 g/mol. The Bertz CT molecular complexity index is 994. The molecule has 3 rings (SSSR count). The summed E-state index contributed by atoms with van der Waals surface area (Å²) in [5, 5.41) is 13.8. The van der Waals surface area contributed by atoms with Crippen molar-refractivity contribution in [3.8, 4) is 0 Å². The number of aromatic nitrogens is 1. The minimum absolute atomic E-state index is 0.0564. The highest BCUT2D eigenvalue weighted by Gasteiger charge is 2.17. The van der Waals surface area contributed by atoms with Gasteiger partial charge in [-0.25, -0.2) is 9.37 Å². The standard InChI is InChI=1S/C22H22FN3O3S/c23-19-9-5-4-8-18(19)21(29)25-22-24-17(15-30-22)14-20(28)26(12-13-27)11-10-16-6-2-1-3-7-16/h1-9,15,27H,10-14H2,(H,24,25,29). The van der Waals surface area contributed by atoms with Crippen molar-refractivity contribution in [3.05, 3.63) is 82.6 Å². The number of nitrogens with zero attached hydrogens (tertiary/aromatic N) is 2. The molecular formula is C22H22FN3O3S. The largest absolute Gasteiger partial charge is 0.395 e. The molecule has 2 N–H and O–H groups in total. The predicted molar refractivity (Wildman–Crippen MR) is 114 cm³/mol. The highest BCUT2D eigenvalue weighted by atomic mass is 32.1. The molecule has 0 aliphatic heterocycles. The molecule has 1 heterocycles. The molecule has 0 bridgehead atoms. The molecule has 0 fully saturated rings. The van der Waals surface area contributed by atoms with Gasteiger partial charge in [-0.2, -0.15) is 0 Å². The van der Waals surface area contributed by atoms with Crippen LogP contribution in [0.3, 0.4) is 0 Å². The van der Waals surface area contributed by atoms with Gasteiger partial charge in [0, 0.05) is 18.5 Å². The summed E-state index contributed by atoms with van der Waals surface area (Å²) in [4.78, 5) is 30.7. The molecule has 156 valence electrons. The SMILES string of the molecule is O=C(Nc1nc(CC(=O)N(CCO)CCc2ccccc2)cs1)c1ccccc1F. The molecule has 2 amide bonds. The lowest BCUT2D eigenvalue weighted by atomic mass is 10.1. The third kappa shape index (κ3) is 5.95. The Morgan fingerprint density at radius 1 is 1.07 bits per heavy atom. The van der Waals surface area contributed by atoms with E-state index in [0.29, 0.717) is 23.8 Å². The topological polar surface area (TPSA) is 82.5 Å². The van der Waals surface area contributed by atoms with Crippen LogP contribution in [0, 0.1) is 5.82 Å². The Balaban J connectivity index is 1.58. The first kappa shape index (κ1) is 21.6. The smallest absolute Gasteiger partial charge is 0.260 e. The molecule has 0 saturated heterocycles. The van der Waals surface area contributed by atoms with E-state index in [1.807, 2.05) is 30.3 Å². The minimum atomic E-state index is -0.611. The second-order valence-electron chi connectivity index (χ2n) is 6.59. The van der Waals surface area contributed by atoms with Gasteiger partial charge in [0.25, 0.3) is 5.91 Å². The summed E-state index contributed by atoms with van der Waals surface area (Å²) in [5.41, 5.74) is 1.55. The van der Waals surface area contributed by atoms with Crippen molar-refractivity contribution in [1.29, 1.82) is 0 Å². The van der Waals surface area contributed by atoms with Gasteiger partial charge in [-0.05, 0) is 24.1 Å². The van der Waals surface area contributed by atoms with Gasteiger partial charge < -0.3 is 10.0 Å². The highest BCUT2D eigenvalue weighted by molar-refractivity contribution is 7.14. The summed E-state index contributed by atoms with van der Waals surface area (Å²) in [6.45, 7) is 0.610. The van der Waals surface area contributed by atoms with Gasteiger partial charge in [0.1, 0.15) is 5.82 Å². The number of halogens is 1. The van der Waals surface area contributed by atoms with Crippen molar-refractivity contribution in [2.75, 3.05) is 25.0 Å². The average molecular weight is 428 g/mol. The van der Waals surface area contributed by atoms with Crippen LogP contribution in [0.25, 0.3) is 0 Å². The van der Waals surface area contributed by atoms with Crippen LogP contribution in [0.2, 0.25) is 0 Å². The van der Waals surface area contributed by atoms with E-state index in [-0.39, 0.29) is 31.0 Å². The van der Waals surface area contributed by atoms with Crippen LogP contribution in [0.1, 0.15) is 21.6 Å². The van der Waals surface area contributed by atoms with Crippen LogP contribution in [0.15, 0.2) is 60.0 Å². The third-order valence-electron chi connectivity index (χ3n) is 4.46. The van der Waals surface area contributed by atoms with Crippen molar-refractivity contribution in [1.82, 2.24) is 9.88 Å². The van der Waals surface area contributed by atoms with Crippen molar-refractivity contribution in [2.45, 2.75) is 12.8 Å². The first-order chi connectivity index (χ1) is 14.6. The number of hydrogen-bond donors (Lipinski definition) is 2. The summed E-state index contributed by atoms with van der Waals surface area (Å²) < 4.78 is 13.7. The summed E-state index contributed by atoms with van der Waals surface area (Å²) in [6.07, 6.45) is 0.744. The maximum absolute atomic E-state index is 13.7. The van der Waals surface area contributed by atoms with Gasteiger partial charge in [0.2, 0.25) is 5.91 Å². The second kappa shape index (κ2) is 10.6. The molecule has 2 aromatic carbocycles. The van der Waals surface area contributed by atoms with Crippen LogP contribution in [0.5, 0.6) is 0 Å². The van der Waals surface area contributed by atoms with Crippen molar-refractivity contribution in [2.24, 2.45) is 0 Å². The minimum Gasteiger partial charge on any atom is -0.395 e. The first-order valence-electron chi connectivity index (χ1n) is 9.49. The van der Waals surface area contributed by atoms with E-state index in [1.165, 1.54) is 29.5 Å². The fraction of sp³-hybridized carbons (Fsp3) is 0.227. The molecule has 0 aliphatic rings. The molecule has 0 saturated carbocycles. The lowest BCUT2D eigenvalue weighted by Crippen LogP contribution is -2.36. The quantitative estimate of drug-likeness (QED) is 0.550. The fourth-order valence-electron chi connectivity index (χ4n) is 2.91. The highest BCUT2D eigenvalue weighted by Crippen LogP contribution is 2.18. The Morgan fingerprint density at radius 3 is 2.53 bits per heavy atom. The maximum atomic E-state index is 13.7. The number of thiazole rings is 1. The van der Waals surface area contributed by atoms with E-state index < -0.39 is 11.7 Å². The number of aliphatic hydroxyl groups is 1. The molecular weight excluding hydrogens is 405 g/mol. The average Bonchev–Trinajstić information content (AvgIpc) is 3.18. The first-order valence-corrected chi connectivity index (χ1v) is 10.4. The fourth-order valence-corrected chi connectivity index (χ4v) is 3.62. The van der Waals surface area contributed by atoms with E-state index in [0.717, 1.165) is 5.56 Å². The zero-order valence-corrected chi connectivity index (χ0v) is 17.1. The van der Waals surface area contributed by atoms with Crippen LogP contribution >= 0.6 is 11.3 Å². The van der Waals surface area contributed by atoms with E-state index in [1.54, 1.807) is 16.3 Å². The molecule has 30 heavy (non-hydrogen) atoms. The number of aliphatic hydroxyl groups excluding tert-OH is 1. The molecule has 6 nitrogen and oxygen atoms in total. The maximum Gasteiger partial charge on any atom is 0.260 e. The van der Waals surface area contributed by atoms with Crippen LogP contribution in [-0.4, -0.2) is 46.5 Å². The van der Waals surface area contributed by atoms with Gasteiger partial charge in [-0.15, -0.1) is 11.3 Å². The number of rotatable bonds is 9. The zero-order valence-electron chi connectivity index (χ0n) is 16.3. The van der Waals surface area contributed by atoms with E-state index in [9.17, 15) is 19.1 Å². The van der Waals surface area contributed by atoms with Gasteiger partial charge in [0.05, 0.1) is 24.3 Å². The number of hydrogen-bond acceptors (Lipinski definition) is 5.